The van der Waals surface area contributed by atoms with Gasteiger partial charge in [-0.3, -0.25) is 9.69 Å². The summed E-state index contributed by atoms with van der Waals surface area (Å²) in [5, 5.41) is 5.95. The third-order valence-corrected chi connectivity index (χ3v) is 4.91. The second-order valence-corrected chi connectivity index (χ2v) is 7.09. The fraction of sp³-hybridized carbons (Fsp3) is 0.444. The van der Waals surface area contributed by atoms with E-state index in [0.29, 0.717) is 30.6 Å². The van der Waals surface area contributed by atoms with E-state index in [9.17, 15) is 4.79 Å². The molecule has 1 aromatic carbocycles. The number of likely N-dealkylation sites (N-methyl/N-ethyl adjacent to an activating group) is 1. The van der Waals surface area contributed by atoms with Crippen LogP contribution in [0.15, 0.2) is 23.6 Å². The molecule has 0 radical (unpaired) electrons. The summed E-state index contributed by atoms with van der Waals surface area (Å²) in [6.07, 6.45) is 2.21. The molecule has 0 atom stereocenters. The third kappa shape index (κ3) is 4.70. The molecule has 6 nitrogen and oxygen atoms in total. The number of benzene rings is 1. The zero-order valence-electron chi connectivity index (χ0n) is 14.7. The van der Waals surface area contributed by atoms with Gasteiger partial charge in [0.25, 0.3) is 0 Å². The van der Waals surface area contributed by atoms with E-state index < -0.39 is 0 Å². The highest BCUT2D eigenvalue weighted by Crippen LogP contribution is 2.33. The van der Waals surface area contributed by atoms with Crippen LogP contribution in [0.4, 0.5) is 0 Å². The molecular weight excluding hydrogens is 338 g/mol. The predicted molar refractivity (Wildman–Crippen MR) is 98.2 cm³/mol. The number of hydrogen-bond donors (Lipinski definition) is 1. The minimum Gasteiger partial charge on any atom is -0.493 e. The van der Waals surface area contributed by atoms with Crippen molar-refractivity contribution in [1.82, 2.24) is 15.2 Å². The van der Waals surface area contributed by atoms with Crippen molar-refractivity contribution in [2.45, 2.75) is 25.4 Å². The first-order valence-electron chi connectivity index (χ1n) is 8.23. The fourth-order valence-electron chi connectivity index (χ4n) is 2.56. The second kappa shape index (κ2) is 7.84. The van der Waals surface area contributed by atoms with Crippen LogP contribution in [-0.2, 0) is 11.3 Å². The number of nitrogens with zero attached hydrogens (tertiary/aromatic N) is 2. The lowest BCUT2D eigenvalue weighted by molar-refractivity contribution is -0.122. The Hall–Kier alpha value is -2.12. The molecular formula is C18H23N3O3S. The number of methoxy groups -OCH3 is 2. The lowest BCUT2D eigenvalue weighted by Gasteiger charge is -2.14. The number of thiazole rings is 1. The Balaban J connectivity index is 1.62. The fourth-order valence-corrected chi connectivity index (χ4v) is 3.37. The topological polar surface area (TPSA) is 63.7 Å². The van der Waals surface area contributed by atoms with Gasteiger partial charge in [0.05, 0.1) is 26.5 Å². The molecule has 1 fully saturated rings. The van der Waals surface area contributed by atoms with E-state index >= 15 is 0 Å². The van der Waals surface area contributed by atoms with Gasteiger partial charge < -0.3 is 14.8 Å². The van der Waals surface area contributed by atoms with Crippen molar-refractivity contribution in [3.05, 3.63) is 29.3 Å². The summed E-state index contributed by atoms with van der Waals surface area (Å²) in [4.78, 5) is 18.5. The van der Waals surface area contributed by atoms with Gasteiger partial charge in [0.15, 0.2) is 11.5 Å². The number of carbonyl (C=O) groups excluding carboxylic acids is 1. The molecule has 1 aliphatic carbocycles. The van der Waals surface area contributed by atoms with E-state index in [1.165, 1.54) is 0 Å². The number of nitrogens with one attached hydrogen (secondary N) is 1. The molecule has 1 aliphatic rings. The van der Waals surface area contributed by atoms with Crippen molar-refractivity contribution in [3.63, 3.8) is 0 Å². The van der Waals surface area contributed by atoms with Gasteiger partial charge in [-0.2, -0.15) is 0 Å². The van der Waals surface area contributed by atoms with Crippen LogP contribution in [0.2, 0.25) is 0 Å². The summed E-state index contributed by atoms with van der Waals surface area (Å²) < 4.78 is 10.6. The Morgan fingerprint density at radius 2 is 2.08 bits per heavy atom. The van der Waals surface area contributed by atoms with E-state index in [2.05, 4.69) is 10.3 Å². The van der Waals surface area contributed by atoms with E-state index in [-0.39, 0.29) is 5.91 Å². The minimum absolute atomic E-state index is 0.0837. The van der Waals surface area contributed by atoms with E-state index in [1.54, 1.807) is 25.6 Å². The highest BCUT2D eigenvalue weighted by molar-refractivity contribution is 7.13. The Morgan fingerprint density at radius 1 is 1.32 bits per heavy atom. The quantitative estimate of drug-likeness (QED) is 0.783. The van der Waals surface area contributed by atoms with Gasteiger partial charge in [0, 0.05) is 23.5 Å². The van der Waals surface area contributed by atoms with Crippen LogP contribution in [0.5, 0.6) is 11.5 Å². The summed E-state index contributed by atoms with van der Waals surface area (Å²) in [5.74, 6) is 1.47. The van der Waals surface area contributed by atoms with Crippen molar-refractivity contribution < 1.29 is 14.3 Å². The Bertz CT molecular complexity index is 743. The SMILES string of the molecule is COc1ccc(-c2nc(CN(C)CC(=O)NC3CC3)cs2)cc1OC. The number of amides is 1. The number of ether oxygens (including phenoxy) is 2. The Labute approximate surface area is 151 Å². The summed E-state index contributed by atoms with van der Waals surface area (Å²) >= 11 is 1.58. The monoisotopic (exact) mass is 361 g/mol. The molecule has 134 valence electrons. The molecule has 1 saturated carbocycles. The van der Waals surface area contributed by atoms with Gasteiger partial charge in [-0.15, -0.1) is 11.3 Å². The first kappa shape index (κ1) is 17.7. The smallest absolute Gasteiger partial charge is 0.234 e. The molecule has 1 N–H and O–H groups in total. The molecule has 1 aromatic heterocycles. The van der Waals surface area contributed by atoms with Crippen LogP contribution in [0, 0.1) is 0 Å². The molecule has 0 unspecified atom stereocenters. The molecule has 1 heterocycles. The van der Waals surface area contributed by atoms with Crippen LogP contribution in [0.3, 0.4) is 0 Å². The molecule has 7 heteroatoms. The molecule has 3 rings (SSSR count). The van der Waals surface area contributed by atoms with Gasteiger partial charge in [0.1, 0.15) is 5.01 Å². The average molecular weight is 361 g/mol. The van der Waals surface area contributed by atoms with Crippen LogP contribution >= 0.6 is 11.3 Å². The zero-order chi connectivity index (χ0) is 17.8. The van der Waals surface area contributed by atoms with Crippen molar-refractivity contribution >= 4 is 17.2 Å². The van der Waals surface area contributed by atoms with Crippen molar-refractivity contribution in [2.24, 2.45) is 0 Å². The molecule has 0 aliphatic heterocycles. The Morgan fingerprint density at radius 3 is 2.76 bits per heavy atom. The molecule has 2 aromatic rings. The number of hydrogen-bond acceptors (Lipinski definition) is 6. The summed E-state index contributed by atoms with van der Waals surface area (Å²) in [7, 11) is 5.17. The average Bonchev–Trinajstić information content (AvgIpc) is 3.29. The summed E-state index contributed by atoms with van der Waals surface area (Å²) in [6, 6.07) is 6.17. The zero-order valence-corrected chi connectivity index (χ0v) is 15.6. The first-order chi connectivity index (χ1) is 12.1. The lowest BCUT2D eigenvalue weighted by Crippen LogP contribution is -2.35. The molecule has 25 heavy (non-hydrogen) atoms. The third-order valence-electron chi connectivity index (χ3n) is 3.97. The highest BCUT2D eigenvalue weighted by atomic mass is 32.1. The van der Waals surface area contributed by atoms with Crippen LogP contribution < -0.4 is 14.8 Å². The minimum atomic E-state index is 0.0837. The summed E-state index contributed by atoms with van der Waals surface area (Å²) in [6.45, 7) is 1.03. The van der Waals surface area contributed by atoms with Gasteiger partial charge in [-0.25, -0.2) is 4.98 Å². The van der Waals surface area contributed by atoms with Crippen molar-refractivity contribution in [1.29, 1.82) is 0 Å². The van der Waals surface area contributed by atoms with Crippen molar-refractivity contribution in [2.75, 3.05) is 27.8 Å². The maximum atomic E-state index is 11.9. The van der Waals surface area contributed by atoms with Crippen LogP contribution in [-0.4, -0.2) is 49.6 Å². The number of carbonyl (C=O) groups is 1. The van der Waals surface area contributed by atoms with Gasteiger partial charge >= 0.3 is 0 Å². The summed E-state index contributed by atoms with van der Waals surface area (Å²) in [5.41, 5.74) is 1.94. The maximum Gasteiger partial charge on any atom is 0.234 e. The normalized spacial score (nSPS) is 13.8. The van der Waals surface area contributed by atoms with E-state index in [1.807, 2.05) is 35.5 Å². The largest absolute Gasteiger partial charge is 0.493 e. The van der Waals surface area contributed by atoms with E-state index in [4.69, 9.17) is 9.47 Å². The maximum absolute atomic E-state index is 11.9. The van der Waals surface area contributed by atoms with Gasteiger partial charge in [-0.05, 0) is 38.1 Å². The Kier molecular flexibility index (Phi) is 5.55. The predicted octanol–water partition coefficient (Wildman–Crippen LogP) is 2.54. The highest BCUT2D eigenvalue weighted by Gasteiger charge is 2.23. The molecule has 0 saturated heterocycles. The van der Waals surface area contributed by atoms with Gasteiger partial charge in [0.2, 0.25) is 5.91 Å². The molecule has 0 bridgehead atoms. The van der Waals surface area contributed by atoms with Crippen molar-refractivity contribution in [3.8, 4) is 22.1 Å². The van der Waals surface area contributed by atoms with Crippen LogP contribution in [0.25, 0.3) is 10.6 Å². The number of rotatable bonds is 8. The second-order valence-electron chi connectivity index (χ2n) is 6.23. The van der Waals surface area contributed by atoms with Crippen LogP contribution in [0.1, 0.15) is 18.5 Å². The van der Waals surface area contributed by atoms with E-state index in [0.717, 1.165) is 29.1 Å². The number of aromatic nitrogens is 1. The lowest BCUT2D eigenvalue weighted by atomic mass is 10.2. The first-order valence-corrected chi connectivity index (χ1v) is 9.11. The standard InChI is InChI=1S/C18H23N3O3S/c1-21(10-17(22)19-13-5-6-13)9-14-11-25-18(20-14)12-4-7-15(23-2)16(8-12)24-3/h4,7-8,11,13H,5-6,9-10H2,1-3H3,(H,19,22). The van der Waals surface area contributed by atoms with Gasteiger partial charge in [-0.1, -0.05) is 0 Å². The molecule has 1 amide bonds. The molecule has 0 spiro atoms.